The van der Waals surface area contributed by atoms with Gasteiger partial charge in [0.1, 0.15) is 23.2 Å². The molecule has 4 atom stereocenters. The lowest BCUT2D eigenvalue weighted by molar-refractivity contribution is -0.0347. The fraction of sp³-hybridized carbons (Fsp3) is 0.609. The molecule has 0 aromatic heterocycles. The molecule has 0 spiro atoms. The first-order valence-corrected chi connectivity index (χ1v) is 10.1. The fourth-order valence-corrected chi connectivity index (χ4v) is 6.35. The summed E-state index contributed by atoms with van der Waals surface area (Å²) in [5.74, 6) is 0.204. The number of carbonyl (C=O) groups is 1. The van der Waals surface area contributed by atoms with E-state index in [4.69, 9.17) is 4.74 Å². The summed E-state index contributed by atoms with van der Waals surface area (Å²) in [6.07, 6.45) is 3.63. The van der Waals surface area contributed by atoms with Crippen LogP contribution >= 0.6 is 0 Å². The van der Waals surface area contributed by atoms with Crippen molar-refractivity contribution in [2.24, 2.45) is 22.7 Å². The first-order valence-electron chi connectivity index (χ1n) is 10.1. The second kappa shape index (κ2) is 6.24. The Bertz CT molecular complexity index is 845. The number of ether oxygens (including phenoxy) is 1. The maximum Gasteiger partial charge on any atom is 0.342 e. The molecule has 0 saturated heterocycles. The van der Waals surface area contributed by atoms with Crippen LogP contribution in [-0.2, 0) is 4.74 Å². The van der Waals surface area contributed by atoms with E-state index in [0.717, 1.165) is 36.5 Å². The normalized spacial score (nSPS) is 33.1. The number of rotatable bonds is 3. The molecule has 0 heterocycles. The molecule has 3 aliphatic rings. The quantitative estimate of drug-likeness (QED) is 0.538. The monoisotopic (exact) mass is 386 g/mol. The Labute approximate surface area is 166 Å². The van der Waals surface area contributed by atoms with Crippen LogP contribution in [0.25, 0.3) is 0 Å². The molecule has 2 fully saturated rings. The molecule has 2 saturated carbocycles. The summed E-state index contributed by atoms with van der Waals surface area (Å²) in [6, 6.07) is 2.59. The third kappa shape index (κ3) is 2.83. The van der Waals surface area contributed by atoms with Crippen LogP contribution in [0, 0.1) is 29.6 Å². The number of hydrogen-bond acceptors (Lipinski definition) is 5. The minimum atomic E-state index is -0.583. The summed E-state index contributed by atoms with van der Waals surface area (Å²) in [6.45, 7) is 8.56. The van der Waals surface area contributed by atoms with Crippen molar-refractivity contribution < 1.29 is 24.9 Å². The Kier molecular flexibility index (Phi) is 4.31. The summed E-state index contributed by atoms with van der Waals surface area (Å²) < 4.78 is 5.79. The second-order valence-corrected chi connectivity index (χ2v) is 9.99. The summed E-state index contributed by atoms with van der Waals surface area (Å²) in [5, 5.41) is 29.7. The lowest BCUT2D eigenvalue weighted by atomic mass is 9.50. The lowest BCUT2D eigenvalue weighted by Crippen LogP contribution is -2.53. The minimum Gasteiger partial charge on any atom is -0.508 e. The molecule has 0 bridgehead atoms. The number of phenols is 2. The Hall–Kier alpha value is -2.01. The minimum absolute atomic E-state index is 0.00606. The van der Waals surface area contributed by atoms with Crippen molar-refractivity contribution in [3.8, 4) is 11.5 Å². The van der Waals surface area contributed by atoms with E-state index in [0.29, 0.717) is 22.8 Å². The van der Waals surface area contributed by atoms with Crippen LogP contribution in [0.2, 0.25) is 0 Å². The van der Waals surface area contributed by atoms with Gasteiger partial charge in [-0.1, -0.05) is 20.8 Å². The molecule has 0 aliphatic heterocycles. The van der Waals surface area contributed by atoms with Crippen molar-refractivity contribution in [1.29, 1.82) is 0 Å². The average molecular weight is 386 g/mol. The molecular formula is C23H30O5. The predicted molar refractivity (Wildman–Crippen MR) is 105 cm³/mol. The topological polar surface area (TPSA) is 87.0 Å². The standard InChI is InChI=1S/C23H30O5/c1-12-5-15(25)7-17(26)19(12)21(27)28-18-10-23(4)16-9-22(2,3)8-13(16)6-14(11-24)20(18)23/h5,7,13,16,18,24-26H,6,8-11H2,1-4H3/t13-,16+,18?,23-/m1/s1. The predicted octanol–water partition coefficient (Wildman–Crippen LogP) is 4.09. The number of fused-ring (bicyclic) bond motifs is 3. The number of aliphatic hydroxyl groups excluding tert-OH is 1. The van der Waals surface area contributed by atoms with Gasteiger partial charge < -0.3 is 20.1 Å². The zero-order valence-electron chi connectivity index (χ0n) is 17.1. The molecule has 3 aliphatic carbocycles. The number of esters is 1. The first kappa shape index (κ1) is 19.3. The Balaban J connectivity index is 1.60. The molecule has 1 aromatic carbocycles. The van der Waals surface area contributed by atoms with Crippen molar-refractivity contribution in [1.82, 2.24) is 0 Å². The third-order valence-electron chi connectivity index (χ3n) is 7.35. The van der Waals surface area contributed by atoms with Gasteiger partial charge in [-0.2, -0.15) is 0 Å². The highest BCUT2D eigenvalue weighted by atomic mass is 16.5. The molecule has 28 heavy (non-hydrogen) atoms. The molecule has 1 aromatic rings. The molecule has 0 amide bonds. The fourth-order valence-electron chi connectivity index (χ4n) is 6.35. The molecule has 5 heteroatoms. The van der Waals surface area contributed by atoms with Gasteiger partial charge in [0, 0.05) is 6.07 Å². The van der Waals surface area contributed by atoms with Crippen LogP contribution in [0.1, 0.15) is 62.4 Å². The number of benzene rings is 1. The maximum absolute atomic E-state index is 12.8. The van der Waals surface area contributed by atoms with Gasteiger partial charge in [0.05, 0.1) is 6.61 Å². The molecule has 1 unspecified atom stereocenters. The molecular weight excluding hydrogens is 356 g/mol. The molecule has 0 radical (unpaired) electrons. The van der Waals surface area contributed by atoms with E-state index >= 15 is 0 Å². The van der Waals surface area contributed by atoms with E-state index in [1.165, 1.54) is 12.5 Å². The van der Waals surface area contributed by atoms with Crippen molar-refractivity contribution in [3.05, 3.63) is 34.4 Å². The van der Waals surface area contributed by atoms with Crippen LogP contribution in [0.3, 0.4) is 0 Å². The summed E-state index contributed by atoms with van der Waals surface area (Å²) in [7, 11) is 0. The lowest BCUT2D eigenvalue weighted by Gasteiger charge is -2.56. The molecule has 5 nitrogen and oxygen atoms in total. The second-order valence-electron chi connectivity index (χ2n) is 9.99. The Morgan fingerprint density at radius 3 is 2.54 bits per heavy atom. The largest absolute Gasteiger partial charge is 0.508 e. The average Bonchev–Trinajstić information content (AvgIpc) is 2.87. The van der Waals surface area contributed by atoms with E-state index in [1.807, 2.05) is 0 Å². The van der Waals surface area contributed by atoms with Gasteiger partial charge in [-0.15, -0.1) is 0 Å². The van der Waals surface area contributed by atoms with Gasteiger partial charge in [-0.3, -0.25) is 0 Å². The van der Waals surface area contributed by atoms with E-state index < -0.39 is 5.97 Å². The molecule has 3 N–H and O–H groups in total. The van der Waals surface area contributed by atoms with E-state index in [2.05, 4.69) is 20.8 Å². The van der Waals surface area contributed by atoms with Gasteiger partial charge in [0.2, 0.25) is 0 Å². The maximum atomic E-state index is 12.8. The van der Waals surface area contributed by atoms with Crippen LogP contribution in [0.4, 0.5) is 0 Å². The van der Waals surface area contributed by atoms with Gasteiger partial charge in [-0.25, -0.2) is 4.79 Å². The highest BCUT2D eigenvalue weighted by Gasteiger charge is 2.60. The van der Waals surface area contributed by atoms with E-state index in [-0.39, 0.29) is 35.2 Å². The summed E-state index contributed by atoms with van der Waals surface area (Å²) in [5.41, 5.74) is 2.97. The zero-order chi connectivity index (χ0) is 20.4. The number of carbonyl (C=O) groups excluding carboxylic acids is 1. The van der Waals surface area contributed by atoms with E-state index in [1.54, 1.807) is 6.92 Å². The van der Waals surface area contributed by atoms with Gasteiger partial charge in [0.15, 0.2) is 0 Å². The number of aromatic hydroxyl groups is 2. The van der Waals surface area contributed by atoms with Crippen molar-refractivity contribution in [3.63, 3.8) is 0 Å². The molecule has 152 valence electrons. The number of aliphatic hydroxyl groups is 1. The Morgan fingerprint density at radius 1 is 1.18 bits per heavy atom. The zero-order valence-corrected chi connectivity index (χ0v) is 17.1. The summed E-state index contributed by atoms with van der Waals surface area (Å²) >= 11 is 0. The van der Waals surface area contributed by atoms with Crippen LogP contribution in [0.15, 0.2) is 23.3 Å². The van der Waals surface area contributed by atoms with Gasteiger partial charge in [0.25, 0.3) is 0 Å². The third-order valence-corrected chi connectivity index (χ3v) is 7.35. The number of hydrogen-bond donors (Lipinski definition) is 3. The number of phenolic OH excluding ortho intramolecular Hbond substituents is 2. The Morgan fingerprint density at radius 2 is 1.89 bits per heavy atom. The van der Waals surface area contributed by atoms with Crippen LogP contribution in [-0.4, -0.2) is 34.0 Å². The summed E-state index contributed by atoms with van der Waals surface area (Å²) in [4.78, 5) is 12.8. The van der Waals surface area contributed by atoms with Crippen molar-refractivity contribution in [2.45, 2.75) is 59.5 Å². The van der Waals surface area contributed by atoms with Crippen molar-refractivity contribution >= 4 is 5.97 Å². The highest BCUT2D eigenvalue weighted by Crippen LogP contribution is 2.66. The first-order chi connectivity index (χ1) is 13.1. The van der Waals surface area contributed by atoms with Crippen molar-refractivity contribution in [2.75, 3.05) is 6.61 Å². The van der Waals surface area contributed by atoms with Crippen LogP contribution < -0.4 is 0 Å². The SMILES string of the molecule is Cc1cc(O)cc(O)c1C(=O)OC1C[C@@]2(C)C1=C(CO)C[C@@H]1CC(C)(C)C[C@@H]12. The number of aryl methyl sites for hydroxylation is 1. The molecule has 4 rings (SSSR count). The van der Waals surface area contributed by atoms with Gasteiger partial charge >= 0.3 is 5.97 Å². The highest BCUT2D eigenvalue weighted by molar-refractivity contribution is 5.94. The van der Waals surface area contributed by atoms with E-state index in [9.17, 15) is 20.1 Å². The van der Waals surface area contributed by atoms with Gasteiger partial charge in [-0.05, 0) is 78.0 Å². The smallest absolute Gasteiger partial charge is 0.342 e. The van der Waals surface area contributed by atoms with Crippen LogP contribution in [0.5, 0.6) is 11.5 Å².